The molecule has 39 heavy (non-hydrogen) atoms. The molecule has 6 heteroatoms. The number of hydrogen-bond acceptors (Lipinski definition) is 4. The first-order valence-corrected chi connectivity index (χ1v) is 16.4. The number of unbranched alkanes of at least 4 members (excludes halogenated alkanes) is 15. The van der Waals surface area contributed by atoms with E-state index in [1.807, 2.05) is 0 Å². The van der Waals surface area contributed by atoms with Gasteiger partial charge in [0.15, 0.2) is 0 Å². The molecule has 0 aromatic carbocycles. The molecule has 1 atom stereocenters. The minimum atomic E-state index is -1.08. The van der Waals surface area contributed by atoms with Crippen molar-refractivity contribution >= 4 is 17.8 Å². The van der Waals surface area contributed by atoms with Gasteiger partial charge in [0, 0.05) is 6.42 Å². The standard InChI is InChI=1S/C33H63NO5/c1-28(2)22-18-14-10-6-5-7-13-17-21-25-33(38)39-30(26-31(35)34-27-32(36)37)24-20-16-12-9-8-11-15-19-23-29(3)4/h28-30H,5-27H2,1-4H3,(H,34,35)(H,36,37). The molecule has 0 fully saturated rings. The van der Waals surface area contributed by atoms with E-state index < -0.39 is 18.6 Å². The number of rotatable bonds is 28. The van der Waals surface area contributed by atoms with Crippen LogP contribution in [0.5, 0.6) is 0 Å². The summed E-state index contributed by atoms with van der Waals surface area (Å²) in [6, 6.07) is 0. The highest BCUT2D eigenvalue weighted by atomic mass is 16.5. The van der Waals surface area contributed by atoms with Gasteiger partial charge >= 0.3 is 11.9 Å². The highest BCUT2D eigenvalue weighted by Gasteiger charge is 2.18. The molecule has 0 saturated carbocycles. The van der Waals surface area contributed by atoms with E-state index in [-0.39, 0.29) is 18.3 Å². The van der Waals surface area contributed by atoms with Crippen molar-refractivity contribution in [3.8, 4) is 0 Å². The van der Waals surface area contributed by atoms with Crippen LogP contribution >= 0.6 is 0 Å². The van der Waals surface area contributed by atoms with Crippen LogP contribution in [0, 0.1) is 11.8 Å². The Morgan fingerprint density at radius 1 is 0.590 bits per heavy atom. The molecular weight excluding hydrogens is 490 g/mol. The molecule has 0 aliphatic heterocycles. The van der Waals surface area contributed by atoms with E-state index in [0.29, 0.717) is 12.8 Å². The fraction of sp³-hybridized carbons (Fsp3) is 0.909. The summed E-state index contributed by atoms with van der Waals surface area (Å²) in [6.45, 7) is 8.72. The third-order valence-corrected chi connectivity index (χ3v) is 7.37. The third kappa shape index (κ3) is 29.2. The average Bonchev–Trinajstić information content (AvgIpc) is 2.86. The molecule has 0 aliphatic rings. The second-order valence-electron chi connectivity index (χ2n) is 12.4. The Labute approximate surface area is 240 Å². The molecular formula is C33H63NO5. The topological polar surface area (TPSA) is 92.7 Å². The van der Waals surface area contributed by atoms with Crippen LogP contribution in [0.25, 0.3) is 0 Å². The van der Waals surface area contributed by atoms with Crippen molar-refractivity contribution in [1.82, 2.24) is 5.32 Å². The number of aliphatic carboxylic acids is 1. The third-order valence-electron chi connectivity index (χ3n) is 7.37. The molecule has 1 amide bonds. The fourth-order valence-electron chi connectivity index (χ4n) is 4.95. The van der Waals surface area contributed by atoms with Crippen molar-refractivity contribution < 1.29 is 24.2 Å². The van der Waals surface area contributed by atoms with Gasteiger partial charge in [0.05, 0.1) is 6.42 Å². The van der Waals surface area contributed by atoms with Gasteiger partial charge in [0.1, 0.15) is 12.6 Å². The van der Waals surface area contributed by atoms with Crippen molar-refractivity contribution in [3.63, 3.8) is 0 Å². The quantitative estimate of drug-likeness (QED) is 0.0745. The van der Waals surface area contributed by atoms with E-state index in [4.69, 9.17) is 9.84 Å². The summed E-state index contributed by atoms with van der Waals surface area (Å²) in [5, 5.41) is 11.2. The molecule has 0 heterocycles. The zero-order valence-corrected chi connectivity index (χ0v) is 26.1. The van der Waals surface area contributed by atoms with Crippen molar-refractivity contribution in [2.45, 2.75) is 175 Å². The number of ether oxygens (including phenoxy) is 1. The van der Waals surface area contributed by atoms with Crippen molar-refractivity contribution in [2.75, 3.05) is 6.54 Å². The molecule has 0 bridgehead atoms. The summed E-state index contributed by atoms with van der Waals surface area (Å²) in [6.07, 6.45) is 23.7. The number of nitrogens with one attached hydrogen (secondary N) is 1. The maximum atomic E-state index is 12.4. The second kappa shape index (κ2) is 26.6. The van der Waals surface area contributed by atoms with Crippen molar-refractivity contribution in [3.05, 3.63) is 0 Å². The summed E-state index contributed by atoms with van der Waals surface area (Å²) >= 11 is 0. The summed E-state index contributed by atoms with van der Waals surface area (Å²) in [5.41, 5.74) is 0. The number of carbonyl (C=O) groups excluding carboxylic acids is 2. The molecule has 230 valence electrons. The zero-order valence-electron chi connectivity index (χ0n) is 26.1. The van der Waals surface area contributed by atoms with E-state index in [9.17, 15) is 14.4 Å². The largest absolute Gasteiger partial charge is 0.480 e. The van der Waals surface area contributed by atoms with Crippen molar-refractivity contribution in [1.29, 1.82) is 0 Å². The molecule has 0 radical (unpaired) electrons. The first-order valence-electron chi connectivity index (χ1n) is 16.4. The Kier molecular flexibility index (Phi) is 25.5. The number of amides is 1. The number of carbonyl (C=O) groups is 3. The summed E-state index contributed by atoms with van der Waals surface area (Å²) in [7, 11) is 0. The highest BCUT2D eigenvalue weighted by Crippen LogP contribution is 2.17. The molecule has 6 nitrogen and oxygen atoms in total. The second-order valence-corrected chi connectivity index (χ2v) is 12.4. The molecule has 0 aromatic rings. The van der Waals surface area contributed by atoms with Crippen LogP contribution in [-0.4, -0.2) is 35.6 Å². The first-order chi connectivity index (χ1) is 18.7. The number of carboxylic acid groups (broad SMARTS) is 1. The molecule has 2 N–H and O–H groups in total. The summed E-state index contributed by atoms with van der Waals surface area (Å²) in [5.74, 6) is -0.0853. The average molecular weight is 554 g/mol. The van der Waals surface area contributed by atoms with Gasteiger partial charge in [-0.3, -0.25) is 14.4 Å². The molecule has 0 aliphatic carbocycles. The Morgan fingerprint density at radius 2 is 0.974 bits per heavy atom. The summed E-state index contributed by atoms with van der Waals surface area (Å²) < 4.78 is 5.67. The van der Waals surface area contributed by atoms with E-state index >= 15 is 0 Å². The predicted octanol–water partition coefficient (Wildman–Crippen LogP) is 8.99. The lowest BCUT2D eigenvalue weighted by Crippen LogP contribution is -2.33. The lowest BCUT2D eigenvalue weighted by atomic mass is 10.0. The number of esters is 1. The predicted molar refractivity (Wildman–Crippen MR) is 162 cm³/mol. The van der Waals surface area contributed by atoms with E-state index in [1.54, 1.807) is 0 Å². The Morgan fingerprint density at radius 3 is 1.38 bits per heavy atom. The molecule has 0 aromatic heterocycles. The summed E-state index contributed by atoms with van der Waals surface area (Å²) in [4.78, 5) is 35.3. The zero-order chi connectivity index (χ0) is 29.1. The monoisotopic (exact) mass is 553 g/mol. The van der Waals surface area contributed by atoms with Crippen LogP contribution in [-0.2, 0) is 19.1 Å². The Bertz CT molecular complexity index is 605. The van der Waals surface area contributed by atoms with Gasteiger partial charge in [-0.15, -0.1) is 0 Å². The fourth-order valence-corrected chi connectivity index (χ4v) is 4.95. The smallest absolute Gasteiger partial charge is 0.322 e. The molecule has 0 saturated heterocycles. The van der Waals surface area contributed by atoms with Gasteiger partial charge in [0.2, 0.25) is 5.91 Å². The SMILES string of the molecule is CC(C)CCCCCCCCCCCC(=O)OC(CCCCCCCCCCC(C)C)CC(=O)NCC(=O)O. The minimum absolute atomic E-state index is 0.0338. The number of carboxylic acids is 1. The van der Waals surface area contributed by atoms with Crippen LogP contribution in [0.15, 0.2) is 0 Å². The van der Waals surface area contributed by atoms with Gasteiger partial charge in [-0.05, 0) is 31.1 Å². The van der Waals surface area contributed by atoms with E-state index in [0.717, 1.165) is 50.4 Å². The van der Waals surface area contributed by atoms with Crippen LogP contribution in [0.1, 0.15) is 169 Å². The van der Waals surface area contributed by atoms with Crippen LogP contribution in [0.2, 0.25) is 0 Å². The van der Waals surface area contributed by atoms with Crippen LogP contribution in [0.4, 0.5) is 0 Å². The van der Waals surface area contributed by atoms with Crippen LogP contribution in [0.3, 0.4) is 0 Å². The van der Waals surface area contributed by atoms with Crippen LogP contribution < -0.4 is 5.32 Å². The first kappa shape index (κ1) is 37.4. The van der Waals surface area contributed by atoms with Gasteiger partial charge in [-0.25, -0.2) is 0 Å². The van der Waals surface area contributed by atoms with Gasteiger partial charge in [-0.1, -0.05) is 137 Å². The van der Waals surface area contributed by atoms with Gasteiger partial charge < -0.3 is 15.2 Å². The van der Waals surface area contributed by atoms with Gasteiger partial charge in [0.25, 0.3) is 0 Å². The Balaban J connectivity index is 4.08. The van der Waals surface area contributed by atoms with E-state index in [2.05, 4.69) is 33.0 Å². The lowest BCUT2D eigenvalue weighted by molar-refractivity contribution is -0.151. The minimum Gasteiger partial charge on any atom is -0.480 e. The molecule has 0 rings (SSSR count). The maximum Gasteiger partial charge on any atom is 0.322 e. The number of hydrogen-bond donors (Lipinski definition) is 2. The lowest BCUT2D eigenvalue weighted by Gasteiger charge is -2.18. The van der Waals surface area contributed by atoms with Gasteiger partial charge in [-0.2, -0.15) is 0 Å². The highest BCUT2D eigenvalue weighted by molar-refractivity contribution is 5.81. The Hall–Kier alpha value is -1.59. The van der Waals surface area contributed by atoms with E-state index in [1.165, 1.54) is 83.5 Å². The van der Waals surface area contributed by atoms with Crippen molar-refractivity contribution in [2.24, 2.45) is 11.8 Å². The molecule has 1 unspecified atom stereocenters. The molecule has 0 spiro atoms. The maximum absolute atomic E-state index is 12.4. The normalized spacial score (nSPS) is 12.2.